The highest BCUT2D eigenvalue weighted by Gasteiger charge is 2.20. The summed E-state index contributed by atoms with van der Waals surface area (Å²) >= 11 is 0. The number of aromatic nitrogens is 1. The van der Waals surface area contributed by atoms with E-state index in [4.69, 9.17) is 5.73 Å². The molecule has 0 saturated carbocycles. The van der Waals surface area contributed by atoms with Crippen molar-refractivity contribution in [1.29, 1.82) is 0 Å². The Morgan fingerprint density at radius 3 is 2.96 bits per heavy atom. The van der Waals surface area contributed by atoms with Crippen LogP contribution in [0.25, 0.3) is 0 Å². The summed E-state index contributed by atoms with van der Waals surface area (Å²) < 4.78 is 0. The number of carbonyl (C=O) groups is 1. The van der Waals surface area contributed by atoms with Crippen molar-refractivity contribution in [2.45, 2.75) is 45.4 Å². The van der Waals surface area contributed by atoms with Crippen LogP contribution in [0.4, 0.5) is 0 Å². The lowest BCUT2D eigenvalue weighted by atomic mass is 9.94. The Morgan fingerprint density at radius 2 is 2.22 bits per heavy atom. The van der Waals surface area contributed by atoms with Gasteiger partial charge in [0.1, 0.15) is 0 Å². The minimum absolute atomic E-state index is 0.412. The van der Waals surface area contributed by atoms with Crippen molar-refractivity contribution >= 4 is 12.2 Å². The number of aliphatic imine (C=N–C) groups is 1. The third kappa shape index (κ3) is 4.99. The first-order chi connectivity index (χ1) is 11.1. The lowest BCUT2D eigenvalue weighted by Gasteiger charge is -2.14. The van der Waals surface area contributed by atoms with Crippen molar-refractivity contribution in [1.82, 2.24) is 4.98 Å². The summed E-state index contributed by atoms with van der Waals surface area (Å²) in [6, 6.07) is 2.06. The van der Waals surface area contributed by atoms with Gasteiger partial charge in [-0.3, -0.25) is 14.8 Å². The van der Waals surface area contributed by atoms with Gasteiger partial charge in [-0.1, -0.05) is 5.57 Å². The van der Waals surface area contributed by atoms with Gasteiger partial charge in [-0.2, -0.15) is 0 Å². The van der Waals surface area contributed by atoms with Gasteiger partial charge in [0.2, 0.25) is 0 Å². The van der Waals surface area contributed by atoms with Gasteiger partial charge in [0.15, 0.2) is 0 Å². The van der Waals surface area contributed by atoms with Gasteiger partial charge < -0.3 is 10.8 Å². The zero-order chi connectivity index (χ0) is 16.7. The number of aryl methyl sites for hydroxylation is 1. The van der Waals surface area contributed by atoms with Gasteiger partial charge in [-0.05, 0) is 56.3 Å². The molecule has 1 aromatic rings. The molecule has 0 spiro atoms. The quantitative estimate of drug-likeness (QED) is 0.845. The maximum Gasteiger partial charge on any atom is 0.306 e. The first kappa shape index (κ1) is 17.3. The molecule has 0 aromatic carbocycles. The van der Waals surface area contributed by atoms with Gasteiger partial charge in [0.05, 0.1) is 5.92 Å². The smallest absolute Gasteiger partial charge is 0.306 e. The SMILES string of the molecule is C/C1=C(/CC(CCCN)C(=O)O)N=CCc2cnccc2CC1. The van der Waals surface area contributed by atoms with Crippen LogP contribution in [0, 0.1) is 5.92 Å². The normalized spacial score (nSPS) is 19.4. The average Bonchev–Trinajstić information content (AvgIpc) is 2.61. The number of rotatable bonds is 6. The van der Waals surface area contributed by atoms with Gasteiger partial charge >= 0.3 is 5.97 Å². The second kappa shape index (κ2) is 8.58. The Balaban J connectivity index is 2.16. The zero-order valence-corrected chi connectivity index (χ0v) is 13.7. The molecule has 2 rings (SSSR count). The van der Waals surface area contributed by atoms with Crippen molar-refractivity contribution in [3.63, 3.8) is 0 Å². The maximum atomic E-state index is 11.5. The Kier molecular flexibility index (Phi) is 6.47. The van der Waals surface area contributed by atoms with Crippen molar-refractivity contribution < 1.29 is 9.90 Å². The molecule has 0 aliphatic carbocycles. The summed E-state index contributed by atoms with van der Waals surface area (Å²) in [6.07, 6.45) is 9.97. The number of pyridine rings is 1. The molecule has 5 nitrogen and oxygen atoms in total. The Bertz CT molecular complexity index is 608. The number of hydrogen-bond acceptors (Lipinski definition) is 4. The Hall–Kier alpha value is -2.01. The van der Waals surface area contributed by atoms with Crippen molar-refractivity contribution in [3.8, 4) is 0 Å². The van der Waals surface area contributed by atoms with Crippen LogP contribution in [0.2, 0.25) is 0 Å². The summed E-state index contributed by atoms with van der Waals surface area (Å²) in [6.45, 7) is 2.58. The minimum atomic E-state index is -0.763. The number of nitrogens with two attached hydrogens (primary N) is 1. The molecule has 0 fully saturated rings. The molecule has 0 radical (unpaired) electrons. The van der Waals surface area contributed by atoms with Crippen molar-refractivity contribution in [2.75, 3.05) is 6.54 Å². The van der Waals surface area contributed by atoms with E-state index in [1.807, 2.05) is 18.6 Å². The highest BCUT2D eigenvalue weighted by Crippen LogP contribution is 2.25. The van der Waals surface area contributed by atoms with Crippen molar-refractivity contribution in [3.05, 3.63) is 40.9 Å². The van der Waals surface area contributed by atoms with Crippen molar-refractivity contribution in [2.24, 2.45) is 16.6 Å². The third-order valence-electron chi connectivity index (χ3n) is 4.37. The van der Waals surface area contributed by atoms with Gasteiger partial charge in [0, 0.05) is 37.1 Å². The Morgan fingerprint density at radius 1 is 1.39 bits per heavy atom. The number of fused-ring (bicyclic) bond motifs is 1. The molecule has 5 heteroatoms. The lowest BCUT2D eigenvalue weighted by molar-refractivity contribution is -0.141. The molecule has 2 heterocycles. The van der Waals surface area contributed by atoms with Crippen LogP contribution in [0.5, 0.6) is 0 Å². The first-order valence-electron chi connectivity index (χ1n) is 8.17. The first-order valence-corrected chi connectivity index (χ1v) is 8.17. The van der Waals surface area contributed by atoms with Gasteiger partial charge in [0.25, 0.3) is 0 Å². The molecule has 0 amide bonds. The molecule has 23 heavy (non-hydrogen) atoms. The van der Waals surface area contributed by atoms with E-state index >= 15 is 0 Å². The van der Waals surface area contributed by atoms with E-state index in [-0.39, 0.29) is 0 Å². The zero-order valence-electron chi connectivity index (χ0n) is 13.7. The van der Waals surface area contributed by atoms with E-state index in [0.717, 1.165) is 31.4 Å². The fourth-order valence-electron chi connectivity index (χ4n) is 2.85. The van der Waals surface area contributed by atoms with E-state index in [1.165, 1.54) is 16.7 Å². The molecule has 1 aliphatic heterocycles. The largest absolute Gasteiger partial charge is 0.481 e. The summed E-state index contributed by atoms with van der Waals surface area (Å²) in [7, 11) is 0. The molecule has 124 valence electrons. The van der Waals surface area contributed by atoms with Crippen LogP contribution < -0.4 is 5.73 Å². The van der Waals surface area contributed by atoms with E-state index in [2.05, 4.69) is 23.0 Å². The molecular formula is C18H25N3O2. The average molecular weight is 315 g/mol. The van der Waals surface area contributed by atoms with Crippen LogP contribution in [-0.4, -0.2) is 28.8 Å². The second-order valence-corrected chi connectivity index (χ2v) is 6.06. The number of aliphatic carboxylic acids is 1. The van der Waals surface area contributed by atoms with E-state index < -0.39 is 11.9 Å². The third-order valence-corrected chi connectivity index (χ3v) is 4.37. The topological polar surface area (TPSA) is 88.6 Å². The summed E-state index contributed by atoms with van der Waals surface area (Å²) in [5, 5.41) is 9.42. The van der Waals surface area contributed by atoms with E-state index in [1.54, 1.807) is 0 Å². The fraction of sp³-hybridized carbons (Fsp3) is 0.500. The predicted molar refractivity (Wildman–Crippen MR) is 91.5 cm³/mol. The summed E-state index contributed by atoms with van der Waals surface area (Å²) in [4.78, 5) is 20.2. The highest BCUT2D eigenvalue weighted by molar-refractivity contribution is 5.71. The number of carboxylic acids is 1. The number of carboxylic acid groups (broad SMARTS) is 1. The summed E-state index contributed by atoms with van der Waals surface area (Å²) in [5.41, 5.74) is 10.1. The van der Waals surface area contributed by atoms with Crippen LogP contribution in [0.1, 0.15) is 43.7 Å². The molecule has 0 bridgehead atoms. The van der Waals surface area contributed by atoms with Crippen LogP contribution in [0.15, 0.2) is 34.7 Å². The van der Waals surface area contributed by atoms with Crippen LogP contribution in [-0.2, 0) is 17.6 Å². The highest BCUT2D eigenvalue weighted by atomic mass is 16.4. The fourth-order valence-corrected chi connectivity index (χ4v) is 2.85. The second-order valence-electron chi connectivity index (χ2n) is 6.06. The monoisotopic (exact) mass is 315 g/mol. The summed E-state index contributed by atoms with van der Waals surface area (Å²) in [5.74, 6) is -1.17. The van der Waals surface area contributed by atoms with Crippen LogP contribution in [0.3, 0.4) is 0 Å². The molecule has 3 N–H and O–H groups in total. The number of allylic oxidation sites excluding steroid dienone is 2. The van der Waals surface area contributed by atoms with E-state index in [0.29, 0.717) is 19.4 Å². The molecule has 1 atom stereocenters. The van der Waals surface area contributed by atoms with E-state index in [9.17, 15) is 9.90 Å². The molecule has 1 aliphatic rings. The molecule has 0 saturated heterocycles. The maximum absolute atomic E-state index is 11.5. The van der Waals surface area contributed by atoms with Gasteiger partial charge in [-0.15, -0.1) is 0 Å². The Labute approximate surface area is 137 Å². The lowest BCUT2D eigenvalue weighted by Crippen LogP contribution is -2.16. The predicted octanol–water partition coefficient (Wildman–Crippen LogP) is 2.74. The molecule has 1 aromatic heterocycles. The standard InChI is InChI=1S/C18H25N3O2/c1-13-4-5-14-6-9-20-12-16(14)7-10-21-17(13)11-15(18(22)23)3-2-8-19/h6,9-10,12,15H,2-5,7-8,11,19H2,1H3,(H,22,23)/b17-13+,21-10?. The number of nitrogens with zero attached hydrogens (tertiary/aromatic N) is 2. The van der Waals surface area contributed by atoms with Crippen LogP contribution >= 0.6 is 0 Å². The molecular weight excluding hydrogens is 290 g/mol. The molecule has 1 unspecified atom stereocenters. The minimum Gasteiger partial charge on any atom is -0.481 e. The number of hydrogen-bond donors (Lipinski definition) is 2. The van der Waals surface area contributed by atoms with Gasteiger partial charge in [-0.25, -0.2) is 0 Å².